The molecule has 0 aliphatic carbocycles. The van der Waals surface area contributed by atoms with Gasteiger partial charge in [-0.3, -0.25) is 9.52 Å². The molecule has 3 aromatic rings. The Kier molecular flexibility index (Phi) is 4.79. The zero-order valence-corrected chi connectivity index (χ0v) is 16.8. The molecule has 29 heavy (non-hydrogen) atoms. The van der Waals surface area contributed by atoms with Crippen molar-refractivity contribution in [2.45, 2.75) is 18.2 Å². The van der Waals surface area contributed by atoms with E-state index in [1.807, 2.05) is 0 Å². The number of aryl methyl sites for hydroxylation is 1. The molecule has 1 aliphatic rings. The van der Waals surface area contributed by atoms with Crippen LogP contribution in [0.1, 0.15) is 21.7 Å². The van der Waals surface area contributed by atoms with Crippen molar-refractivity contribution in [2.75, 3.05) is 23.3 Å². The molecule has 0 spiro atoms. The number of nitrogens with zero attached hydrogens (tertiary/aromatic N) is 1. The molecule has 0 atom stereocenters. The van der Waals surface area contributed by atoms with Crippen LogP contribution in [0.2, 0.25) is 0 Å². The number of fused-ring (bicyclic) bond motifs is 1. The summed E-state index contributed by atoms with van der Waals surface area (Å²) < 4.78 is 38.6. The number of nitrogens with one attached hydrogen (secondary N) is 1. The summed E-state index contributed by atoms with van der Waals surface area (Å²) in [5.74, 6) is 0.661. The Bertz CT molecular complexity index is 1170. The third-order valence-corrected chi connectivity index (χ3v) is 6.42. The molecule has 2 heterocycles. The minimum absolute atomic E-state index is 0.188. The lowest BCUT2D eigenvalue weighted by Gasteiger charge is -2.16. The van der Waals surface area contributed by atoms with Gasteiger partial charge in [0, 0.05) is 17.9 Å². The van der Waals surface area contributed by atoms with Crippen LogP contribution in [0.25, 0.3) is 0 Å². The van der Waals surface area contributed by atoms with Gasteiger partial charge in [-0.15, -0.1) is 0 Å². The number of hydrogen-bond acceptors (Lipinski definition) is 5. The third-order valence-electron chi connectivity index (χ3n) is 4.88. The topological polar surface area (TPSA) is 88.9 Å². The Balaban J connectivity index is 1.58. The van der Waals surface area contributed by atoms with E-state index in [9.17, 15) is 13.2 Å². The second kappa shape index (κ2) is 7.29. The Morgan fingerprint density at radius 3 is 2.69 bits per heavy atom. The zero-order chi connectivity index (χ0) is 20.6. The van der Waals surface area contributed by atoms with E-state index in [1.165, 1.54) is 19.4 Å². The monoisotopic (exact) mass is 412 g/mol. The number of hydrogen-bond donors (Lipinski definition) is 1. The molecule has 0 saturated carbocycles. The van der Waals surface area contributed by atoms with E-state index in [0.717, 1.165) is 11.3 Å². The van der Waals surface area contributed by atoms with Crippen molar-refractivity contribution in [1.82, 2.24) is 0 Å². The highest BCUT2D eigenvalue weighted by molar-refractivity contribution is 7.92. The number of anilines is 2. The highest BCUT2D eigenvalue weighted by Gasteiger charge is 2.28. The molecule has 8 heteroatoms. The van der Waals surface area contributed by atoms with Gasteiger partial charge in [-0.1, -0.05) is 0 Å². The molecule has 4 rings (SSSR count). The van der Waals surface area contributed by atoms with Gasteiger partial charge in [0.25, 0.3) is 15.9 Å². The van der Waals surface area contributed by atoms with Crippen LogP contribution in [-0.4, -0.2) is 28.0 Å². The van der Waals surface area contributed by atoms with Gasteiger partial charge < -0.3 is 14.1 Å². The maximum atomic E-state index is 12.8. The molecule has 2 aromatic carbocycles. The van der Waals surface area contributed by atoms with Crippen LogP contribution in [0, 0.1) is 6.92 Å². The molecular weight excluding hydrogens is 392 g/mol. The Morgan fingerprint density at radius 1 is 1.17 bits per heavy atom. The number of carbonyl (C=O) groups excluding carboxylic acids is 1. The van der Waals surface area contributed by atoms with Crippen molar-refractivity contribution >= 4 is 27.3 Å². The van der Waals surface area contributed by atoms with Crippen molar-refractivity contribution in [1.29, 1.82) is 0 Å². The van der Waals surface area contributed by atoms with Gasteiger partial charge in [0.2, 0.25) is 0 Å². The SMILES string of the molecule is COc1ccc(S(=O)(=O)Nc2ccc3c(c2)CCN3C(=O)c2ccco2)c(C)c1. The van der Waals surface area contributed by atoms with E-state index < -0.39 is 10.0 Å². The molecule has 0 saturated heterocycles. The summed E-state index contributed by atoms with van der Waals surface area (Å²) in [5.41, 5.74) is 2.70. The normalized spacial score (nSPS) is 13.2. The maximum absolute atomic E-state index is 12.8. The molecule has 7 nitrogen and oxygen atoms in total. The number of furan rings is 1. The number of ether oxygens (including phenoxy) is 1. The van der Waals surface area contributed by atoms with E-state index in [2.05, 4.69) is 4.72 Å². The average molecular weight is 412 g/mol. The van der Waals surface area contributed by atoms with Gasteiger partial charge in [-0.05, 0) is 73.0 Å². The molecule has 0 unspecified atom stereocenters. The highest BCUT2D eigenvalue weighted by Crippen LogP contribution is 2.32. The smallest absolute Gasteiger partial charge is 0.293 e. The second-order valence-corrected chi connectivity index (χ2v) is 8.42. The average Bonchev–Trinajstić information content (AvgIpc) is 3.36. The second-order valence-electron chi connectivity index (χ2n) is 6.76. The largest absolute Gasteiger partial charge is 0.497 e. The lowest BCUT2D eigenvalue weighted by molar-refractivity contribution is 0.0963. The predicted molar refractivity (Wildman–Crippen MR) is 109 cm³/mol. The van der Waals surface area contributed by atoms with E-state index >= 15 is 0 Å². The number of carbonyl (C=O) groups is 1. The highest BCUT2D eigenvalue weighted by atomic mass is 32.2. The van der Waals surface area contributed by atoms with Crippen LogP contribution >= 0.6 is 0 Å². The summed E-state index contributed by atoms with van der Waals surface area (Å²) in [6, 6.07) is 13.3. The van der Waals surface area contributed by atoms with Crippen LogP contribution in [-0.2, 0) is 16.4 Å². The number of benzene rings is 2. The van der Waals surface area contributed by atoms with Gasteiger partial charge in [0.1, 0.15) is 5.75 Å². The predicted octanol–water partition coefficient (Wildman–Crippen LogP) is 3.60. The lowest BCUT2D eigenvalue weighted by atomic mass is 10.1. The molecule has 1 aromatic heterocycles. The molecule has 0 radical (unpaired) electrons. The fraction of sp³-hybridized carbons (Fsp3) is 0.190. The van der Waals surface area contributed by atoms with Gasteiger partial charge in [-0.2, -0.15) is 0 Å². The summed E-state index contributed by atoms with van der Waals surface area (Å²) in [6.45, 7) is 2.24. The summed E-state index contributed by atoms with van der Waals surface area (Å²) in [5, 5.41) is 0. The minimum atomic E-state index is -3.75. The van der Waals surface area contributed by atoms with Crippen molar-refractivity contribution < 1.29 is 22.4 Å². The van der Waals surface area contributed by atoms with Gasteiger partial charge in [-0.25, -0.2) is 8.42 Å². The van der Waals surface area contributed by atoms with E-state index in [4.69, 9.17) is 9.15 Å². The van der Waals surface area contributed by atoms with Crippen LogP contribution in [0.4, 0.5) is 11.4 Å². The van der Waals surface area contributed by atoms with Crippen LogP contribution in [0.3, 0.4) is 0 Å². The quantitative estimate of drug-likeness (QED) is 0.692. The lowest BCUT2D eigenvalue weighted by Crippen LogP contribution is -2.28. The van der Waals surface area contributed by atoms with Gasteiger partial charge in [0.05, 0.1) is 18.3 Å². The Hall–Kier alpha value is -3.26. The van der Waals surface area contributed by atoms with E-state index in [-0.39, 0.29) is 16.6 Å². The summed E-state index contributed by atoms with van der Waals surface area (Å²) >= 11 is 0. The summed E-state index contributed by atoms with van der Waals surface area (Å²) in [4.78, 5) is 14.4. The van der Waals surface area contributed by atoms with Crippen molar-refractivity contribution in [3.63, 3.8) is 0 Å². The molecule has 0 fully saturated rings. The Morgan fingerprint density at radius 2 is 2.00 bits per heavy atom. The molecular formula is C21H20N2O5S. The number of sulfonamides is 1. The molecule has 1 amide bonds. The first-order chi connectivity index (χ1) is 13.9. The van der Waals surface area contributed by atoms with Crippen LogP contribution in [0.5, 0.6) is 5.75 Å². The summed E-state index contributed by atoms with van der Waals surface area (Å²) in [7, 11) is -2.22. The summed E-state index contributed by atoms with van der Waals surface area (Å²) in [6.07, 6.45) is 2.10. The van der Waals surface area contributed by atoms with Gasteiger partial charge >= 0.3 is 0 Å². The number of rotatable bonds is 5. The third kappa shape index (κ3) is 3.58. The zero-order valence-electron chi connectivity index (χ0n) is 16.0. The molecule has 1 N–H and O–H groups in total. The maximum Gasteiger partial charge on any atom is 0.293 e. The minimum Gasteiger partial charge on any atom is -0.497 e. The standard InChI is InChI=1S/C21H20N2O5S/c1-14-12-17(27-2)6-8-20(14)29(25,26)22-16-5-7-18-15(13-16)9-10-23(18)21(24)19-4-3-11-28-19/h3-8,11-13,22H,9-10H2,1-2H3. The molecule has 1 aliphatic heterocycles. The van der Waals surface area contributed by atoms with Crippen molar-refractivity contribution in [2.24, 2.45) is 0 Å². The first kappa shape index (κ1) is 19.1. The number of amides is 1. The van der Waals surface area contributed by atoms with Crippen LogP contribution in [0.15, 0.2) is 64.1 Å². The molecule has 0 bridgehead atoms. The molecule has 150 valence electrons. The van der Waals surface area contributed by atoms with E-state index in [0.29, 0.717) is 30.0 Å². The first-order valence-corrected chi connectivity index (χ1v) is 10.5. The first-order valence-electron chi connectivity index (χ1n) is 9.05. The van der Waals surface area contributed by atoms with E-state index in [1.54, 1.807) is 54.3 Å². The Labute approximate surface area is 169 Å². The fourth-order valence-corrected chi connectivity index (χ4v) is 4.75. The van der Waals surface area contributed by atoms with Gasteiger partial charge in [0.15, 0.2) is 5.76 Å². The number of methoxy groups -OCH3 is 1. The van der Waals surface area contributed by atoms with Crippen molar-refractivity contribution in [3.8, 4) is 5.75 Å². The fourth-order valence-electron chi connectivity index (χ4n) is 3.47. The van der Waals surface area contributed by atoms with Crippen molar-refractivity contribution in [3.05, 3.63) is 71.7 Å². The van der Waals surface area contributed by atoms with Crippen LogP contribution < -0.4 is 14.4 Å².